The predicted octanol–water partition coefficient (Wildman–Crippen LogP) is 1.40. The van der Waals surface area contributed by atoms with Gasteiger partial charge in [0.1, 0.15) is 6.61 Å². The molecule has 2 N–H and O–H groups in total. The fraction of sp³-hybridized carbons (Fsp3) is 0.417. The van der Waals surface area contributed by atoms with Gasteiger partial charge in [0.05, 0.1) is 12.1 Å². The lowest BCUT2D eigenvalue weighted by atomic mass is 10.1. The summed E-state index contributed by atoms with van der Waals surface area (Å²) in [5.74, 6) is -0.456. The first-order chi connectivity index (χ1) is 8.45. The van der Waals surface area contributed by atoms with Crippen molar-refractivity contribution in [3.05, 3.63) is 33.3 Å². The highest BCUT2D eigenvalue weighted by molar-refractivity contribution is 6.35. The van der Waals surface area contributed by atoms with Crippen LogP contribution in [-0.4, -0.2) is 40.8 Å². The number of carbonyl (C=O) groups excluding carboxylic acids is 1. The lowest BCUT2D eigenvalue weighted by molar-refractivity contribution is -0.137. The quantitative estimate of drug-likeness (QED) is 0.865. The van der Waals surface area contributed by atoms with E-state index in [9.17, 15) is 9.90 Å². The number of aliphatic hydroxyl groups is 2. The number of hydrogen-bond donors (Lipinski definition) is 2. The second kappa shape index (κ2) is 5.05. The molecule has 0 saturated carbocycles. The second-order valence-corrected chi connectivity index (χ2v) is 5.18. The van der Waals surface area contributed by atoms with Crippen LogP contribution in [0.3, 0.4) is 0 Å². The lowest BCUT2D eigenvalue weighted by Crippen LogP contribution is -2.37. The maximum absolute atomic E-state index is 11.5. The van der Waals surface area contributed by atoms with Gasteiger partial charge in [-0.2, -0.15) is 0 Å². The molecule has 0 radical (unpaired) electrons. The molecule has 0 saturated heterocycles. The number of carbonyl (C=O) groups is 1. The monoisotopic (exact) mass is 289 g/mol. The highest BCUT2D eigenvalue weighted by Crippen LogP contribution is 2.40. The number of halogens is 2. The summed E-state index contributed by atoms with van der Waals surface area (Å²) in [6, 6.07) is 2.80. The highest BCUT2D eigenvalue weighted by atomic mass is 35.5. The summed E-state index contributed by atoms with van der Waals surface area (Å²) >= 11 is 12.0. The van der Waals surface area contributed by atoms with Crippen molar-refractivity contribution >= 4 is 29.1 Å². The summed E-state index contributed by atoms with van der Waals surface area (Å²) in [4.78, 5) is 12.8. The number of aliphatic hydroxyl groups excluding tert-OH is 2. The van der Waals surface area contributed by atoms with Crippen LogP contribution in [0, 0.1) is 0 Å². The fourth-order valence-corrected chi connectivity index (χ4v) is 2.95. The van der Waals surface area contributed by atoms with Crippen LogP contribution in [0.2, 0.25) is 10.0 Å². The number of hydrogen-bond acceptors (Lipinski definition) is 3. The molecular formula is C12H13Cl2NO3. The molecule has 18 heavy (non-hydrogen) atoms. The molecule has 1 aromatic rings. The van der Waals surface area contributed by atoms with E-state index in [2.05, 4.69) is 0 Å². The first kappa shape index (κ1) is 13.6. The van der Waals surface area contributed by atoms with E-state index in [0.717, 1.165) is 11.1 Å². The molecule has 0 fully saturated rings. The lowest BCUT2D eigenvalue weighted by Gasteiger charge is -2.27. The van der Waals surface area contributed by atoms with Gasteiger partial charge in [0.15, 0.2) is 0 Å². The molecule has 1 aliphatic carbocycles. The highest BCUT2D eigenvalue weighted by Gasteiger charge is 2.37. The van der Waals surface area contributed by atoms with Crippen molar-refractivity contribution < 1.29 is 15.0 Å². The van der Waals surface area contributed by atoms with E-state index in [4.69, 9.17) is 28.3 Å². The third kappa shape index (κ3) is 2.21. The van der Waals surface area contributed by atoms with Gasteiger partial charge in [0.25, 0.3) is 0 Å². The molecule has 0 spiro atoms. The van der Waals surface area contributed by atoms with Gasteiger partial charge < -0.3 is 15.1 Å². The topological polar surface area (TPSA) is 60.8 Å². The Balaban J connectivity index is 2.44. The first-order valence-electron chi connectivity index (χ1n) is 5.48. The minimum Gasteiger partial charge on any atom is -0.390 e. The van der Waals surface area contributed by atoms with Crippen molar-refractivity contribution in [2.45, 2.75) is 18.6 Å². The van der Waals surface area contributed by atoms with Gasteiger partial charge in [0, 0.05) is 23.5 Å². The molecule has 1 aromatic carbocycles. The Morgan fingerprint density at radius 1 is 1.50 bits per heavy atom. The largest absolute Gasteiger partial charge is 0.390 e. The Hall–Kier alpha value is -0.810. The Morgan fingerprint density at radius 2 is 2.17 bits per heavy atom. The average Bonchev–Trinajstić information content (AvgIpc) is 2.64. The third-order valence-electron chi connectivity index (χ3n) is 3.24. The van der Waals surface area contributed by atoms with Crippen molar-refractivity contribution in [3.63, 3.8) is 0 Å². The van der Waals surface area contributed by atoms with Crippen LogP contribution in [0.5, 0.6) is 0 Å². The molecule has 1 aliphatic rings. The van der Waals surface area contributed by atoms with Crippen molar-refractivity contribution in [2.75, 3.05) is 13.7 Å². The molecule has 4 nitrogen and oxygen atoms in total. The van der Waals surface area contributed by atoms with E-state index in [1.165, 1.54) is 11.9 Å². The Bertz CT molecular complexity index is 492. The maximum Gasteiger partial charge on any atom is 0.248 e. The minimum absolute atomic E-state index is 0.374. The van der Waals surface area contributed by atoms with Crippen LogP contribution in [-0.2, 0) is 11.2 Å². The Morgan fingerprint density at radius 3 is 2.78 bits per heavy atom. The van der Waals surface area contributed by atoms with E-state index < -0.39 is 24.7 Å². The van der Waals surface area contributed by atoms with Crippen LogP contribution in [0.1, 0.15) is 17.2 Å². The SMILES string of the molecule is CN(C(=O)CO)[C@H]1c2cc(Cl)cc(Cl)c2C[C@H]1O. The van der Waals surface area contributed by atoms with Crippen LogP contribution in [0.4, 0.5) is 0 Å². The standard InChI is InChI=1S/C12H13Cl2NO3/c1-15(11(18)5-16)12-8-2-6(13)3-9(14)7(8)4-10(12)17/h2-3,10,12,16-17H,4-5H2,1H3/t10-,12+/m1/s1. The Kier molecular flexibility index (Phi) is 3.82. The summed E-state index contributed by atoms with van der Waals surface area (Å²) in [6.45, 7) is -0.594. The second-order valence-electron chi connectivity index (χ2n) is 4.33. The summed E-state index contributed by atoms with van der Waals surface area (Å²) in [7, 11) is 1.54. The summed E-state index contributed by atoms with van der Waals surface area (Å²) in [6.07, 6.45) is -0.365. The van der Waals surface area contributed by atoms with E-state index in [1.807, 2.05) is 0 Å². The van der Waals surface area contributed by atoms with Gasteiger partial charge in [-0.05, 0) is 23.3 Å². The molecule has 0 unspecified atom stereocenters. The van der Waals surface area contributed by atoms with Gasteiger partial charge in [0.2, 0.25) is 5.91 Å². The normalized spacial score (nSPS) is 21.8. The molecule has 2 atom stereocenters. The van der Waals surface area contributed by atoms with Crippen molar-refractivity contribution in [2.24, 2.45) is 0 Å². The zero-order valence-corrected chi connectivity index (χ0v) is 11.2. The van der Waals surface area contributed by atoms with Gasteiger partial charge in [-0.15, -0.1) is 0 Å². The molecule has 0 aliphatic heterocycles. The number of rotatable bonds is 2. The summed E-state index contributed by atoms with van der Waals surface area (Å²) in [5, 5.41) is 19.9. The maximum atomic E-state index is 11.5. The Labute approximate surface area is 115 Å². The van der Waals surface area contributed by atoms with Crippen LogP contribution < -0.4 is 0 Å². The van der Waals surface area contributed by atoms with Gasteiger partial charge in [-0.1, -0.05) is 23.2 Å². The minimum atomic E-state index is -0.739. The molecule has 0 bridgehead atoms. The van der Waals surface area contributed by atoms with Crippen LogP contribution in [0.25, 0.3) is 0 Å². The zero-order chi connectivity index (χ0) is 13.4. The van der Waals surface area contributed by atoms with Gasteiger partial charge in [-0.3, -0.25) is 4.79 Å². The zero-order valence-electron chi connectivity index (χ0n) is 9.73. The molecule has 0 aromatic heterocycles. The van der Waals surface area contributed by atoms with Crippen molar-refractivity contribution in [3.8, 4) is 0 Å². The number of benzene rings is 1. The molecule has 2 rings (SSSR count). The first-order valence-corrected chi connectivity index (χ1v) is 6.23. The smallest absolute Gasteiger partial charge is 0.248 e. The number of amides is 1. The van der Waals surface area contributed by atoms with E-state index in [0.29, 0.717) is 16.5 Å². The van der Waals surface area contributed by atoms with Crippen LogP contribution in [0.15, 0.2) is 12.1 Å². The van der Waals surface area contributed by atoms with E-state index in [1.54, 1.807) is 12.1 Å². The van der Waals surface area contributed by atoms with E-state index >= 15 is 0 Å². The molecular weight excluding hydrogens is 277 g/mol. The fourth-order valence-electron chi connectivity index (χ4n) is 2.36. The van der Waals surface area contributed by atoms with Crippen molar-refractivity contribution in [1.29, 1.82) is 0 Å². The molecule has 1 amide bonds. The summed E-state index contributed by atoms with van der Waals surface area (Å²) in [5.41, 5.74) is 1.54. The molecule has 0 heterocycles. The summed E-state index contributed by atoms with van der Waals surface area (Å²) < 4.78 is 0. The third-order valence-corrected chi connectivity index (χ3v) is 3.79. The number of nitrogens with zero attached hydrogens (tertiary/aromatic N) is 1. The van der Waals surface area contributed by atoms with E-state index in [-0.39, 0.29) is 0 Å². The van der Waals surface area contributed by atoms with Crippen molar-refractivity contribution in [1.82, 2.24) is 4.90 Å². The average molecular weight is 290 g/mol. The van der Waals surface area contributed by atoms with Crippen LogP contribution >= 0.6 is 23.2 Å². The molecule has 98 valence electrons. The predicted molar refractivity (Wildman–Crippen MR) is 68.8 cm³/mol. The van der Waals surface area contributed by atoms with Gasteiger partial charge >= 0.3 is 0 Å². The van der Waals surface area contributed by atoms with Gasteiger partial charge in [-0.25, -0.2) is 0 Å². The number of fused-ring (bicyclic) bond motifs is 1. The molecule has 6 heteroatoms. The number of likely N-dealkylation sites (N-methyl/N-ethyl adjacent to an activating group) is 1.